The molecule has 0 radical (unpaired) electrons. The van der Waals surface area contributed by atoms with E-state index in [9.17, 15) is 9.18 Å². The fourth-order valence-electron chi connectivity index (χ4n) is 4.04. The highest BCUT2D eigenvalue weighted by Crippen LogP contribution is 2.24. The quantitative estimate of drug-likeness (QED) is 0.687. The number of nitrogens with one attached hydrogen (secondary N) is 3. The van der Waals surface area contributed by atoms with E-state index in [0.717, 1.165) is 38.3 Å². The Kier molecular flexibility index (Phi) is 6.70. The SMILES string of the molecule is CCN1CCN(C(C)(C)CNC(=O)C2CC(c3ccc(F)c(C)c3)NN2)CC1. The van der Waals surface area contributed by atoms with Crippen molar-refractivity contribution in [2.75, 3.05) is 39.3 Å². The second kappa shape index (κ2) is 8.86. The second-order valence-corrected chi connectivity index (χ2v) is 8.59. The number of piperazine rings is 1. The maximum absolute atomic E-state index is 13.5. The third-order valence-corrected chi connectivity index (χ3v) is 6.17. The summed E-state index contributed by atoms with van der Waals surface area (Å²) in [7, 11) is 0. The van der Waals surface area contributed by atoms with E-state index in [4.69, 9.17) is 0 Å². The van der Waals surface area contributed by atoms with E-state index < -0.39 is 0 Å². The molecule has 3 rings (SSSR count). The van der Waals surface area contributed by atoms with Crippen LogP contribution in [0.3, 0.4) is 0 Å². The first kappa shape index (κ1) is 21.2. The lowest BCUT2D eigenvalue weighted by atomic mass is 9.99. The summed E-state index contributed by atoms with van der Waals surface area (Å²) < 4.78 is 13.5. The van der Waals surface area contributed by atoms with E-state index in [1.807, 2.05) is 6.07 Å². The number of halogens is 1. The Hall–Kier alpha value is -1.54. The minimum absolute atomic E-state index is 0.00480. The molecule has 3 N–H and O–H groups in total. The summed E-state index contributed by atoms with van der Waals surface area (Å²) in [5, 5.41) is 3.12. The zero-order valence-electron chi connectivity index (χ0n) is 17.5. The van der Waals surface area contributed by atoms with Crippen LogP contribution in [0.25, 0.3) is 0 Å². The van der Waals surface area contributed by atoms with Gasteiger partial charge < -0.3 is 10.2 Å². The van der Waals surface area contributed by atoms with Gasteiger partial charge in [-0.05, 0) is 50.9 Å². The van der Waals surface area contributed by atoms with Crippen LogP contribution in [0, 0.1) is 12.7 Å². The van der Waals surface area contributed by atoms with Crippen LogP contribution < -0.4 is 16.2 Å². The molecule has 0 saturated carbocycles. The van der Waals surface area contributed by atoms with Crippen LogP contribution in [-0.4, -0.2) is 66.6 Å². The average Bonchev–Trinajstić information content (AvgIpc) is 3.18. The molecule has 0 aromatic heterocycles. The lowest BCUT2D eigenvalue weighted by Gasteiger charge is -2.44. The third-order valence-electron chi connectivity index (χ3n) is 6.17. The van der Waals surface area contributed by atoms with Crippen molar-refractivity contribution >= 4 is 5.91 Å². The molecule has 0 spiro atoms. The number of benzene rings is 1. The Labute approximate surface area is 167 Å². The predicted octanol–water partition coefficient (Wildman–Crippen LogP) is 1.57. The van der Waals surface area contributed by atoms with Gasteiger partial charge in [0.25, 0.3) is 0 Å². The fourth-order valence-corrected chi connectivity index (χ4v) is 4.04. The van der Waals surface area contributed by atoms with Gasteiger partial charge in [0, 0.05) is 44.3 Å². The van der Waals surface area contributed by atoms with E-state index in [1.54, 1.807) is 13.0 Å². The molecule has 2 heterocycles. The number of carbonyl (C=O) groups is 1. The van der Waals surface area contributed by atoms with Gasteiger partial charge in [-0.1, -0.05) is 19.1 Å². The number of rotatable bonds is 6. The molecule has 1 aromatic rings. The van der Waals surface area contributed by atoms with Crippen molar-refractivity contribution in [2.24, 2.45) is 0 Å². The Morgan fingerprint density at radius 2 is 1.96 bits per heavy atom. The van der Waals surface area contributed by atoms with Crippen LogP contribution in [0.2, 0.25) is 0 Å². The van der Waals surface area contributed by atoms with E-state index in [0.29, 0.717) is 18.5 Å². The number of likely N-dealkylation sites (N-methyl/N-ethyl adjacent to an activating group) is 1. The fraction of sp³-hybridized carbons (Fsp3) is 0.667. The zero-order valence-corrected chi connectivity index (χ0v) is 17.5. The summed E-state index contributed by atoms with van der Waals surface area (Å²) >= 11 is 0. The van der Waals surface area contributed by atoms with Gasteiger partial charge in [-0.15, -0.1) is 0 Å². The Balaban J connectivity index is 1.49. The van der Waals surface area contributed by atoms with E-state index in [2.05, 4.69) is 46.7 Å². The van der Waals surface area contributed by atoms with Crippen molar-refractivity contribution in [3.63, 3.8) is 0 Å². The van der Waals surface area contributed by atoms with Gasteiger partial charge in [0.15, 0.2) is 0 Å². The smallest absolute Gasteiger partial charge is 0.238 e. The summed E-state index contributed by atoms with van der Waals surface area (Å²) in [5.41, 5.74) is 7.81. The van der Waals surface area contributed by atoms with Crippen molar-refractivity contribution in [1.82, 2.24) is 26.0 Å². The van der Waals surface area contributed by atoms with E-state index in [-0.39, 0.29) is 29.3 Å². The van der Waals surface area contributed by atoms with Crippen molar-refractivity contribution < 1.29 is 9.18 Å². The number of aryl methyl sites for hydroxylation is 1. The van der Waals surface area contributed by atoms with Gasteiger partial charge in [-0.25, -0.2) is 15.2 Å². The van der Waals surface area contributed by atoms with Gasteiger partial charge in [-0.3, -0.25) is 9.69 Å². The Morgan fingerprint density at radius 1 is 1.25 bits per heavy atom. The minimum Gasteiger partial charge on any atom is -0.353 e. The number of hydrogen-bond donors (Lipinski definition) is 3. The molecule has 0 bridgehead atoms. The molecule has 2 fully saturated rings. The summed E-state index contributed by atoms with van der Waals surface area (Å²) in [6.07, 6.45) is 0.645. The van der Waals surface area contributed by atoms with E-state index >= 15 is 0 Å². The van der Waals surface area contributed by atoms with Crippen LogP contribution in [0.4, 0.5) is 4.39 Å². The summed E-state index contributed by atoms with van der Waals surface area (Å²) in [6, 6.07) is 4.82. The monoisotopic (exact) mass is 391 g/mol. The molecule has 28 heavy (non-hydrogen) atoms. The molecule has 1 amide bonds. The first-order valence-electron chi connectivity index (χ1n) is 10.3. The molecule has 2 atom stereocenters. The molecule has 0 aliphatic carbocycles. The number of carbonyl (C=O) groups excluding carboxylic acids is 1. The molecule has 2 saturated heterocycles. The van der Waals surface area contributed by atoms with Crippen LogP contribution in [0.15, 0.2) is 18.2 Å². The average molecular weight is 392 g/mol. The van der Waals surface area contributed by atoms with Crippen LogP contribution in [-0.2, 0) is 4.79 Å². The van der Waals surface area contributed by atoms with E-state index in [1.165, 1.54) is 6.07 Å². The van der Waals surface area contributed by atoms with Crippen LogP contribution >= 0.6 is 0 Å². The molecule has 7 heteroatoms. The topological polar surface area (TPSA) is 59.6 Å². The number of hydrazine groups is 1. The van der Waals surface area contributed by atoms with Crippen molar-refractivity contribution in [2.45, 2.75) is 51.7 Å². The second-order valence-electron chi connectivity index (χ2n) is 8.59. The Morgan fingerprint density at radius 3 is 2.61 bits per heavy atom. The van der Waals surface area contributed by atoms with Crippen molar-refractivity contribution in [1.29, 1.82) is 0 Å². The van der Waals surface area contributed by atoms with Gasteiger partial charge >= 0.3 is 0 Å². The zero-order chi connectivity index (χ0) is 20.3. The normalized spacial score (nSPS) is 24.5. The summed E-state index contributed by atoms with van der Waals surface area (Å²) in [6.45, 7) is 14.3. The minimum atomic E-state index is -0.289. The molecule has 2 aliphatic heterocycles. The van der Waals surface area contributed by atoms with Gasteiger partial charge in [-0.2, -0.15) is 0 Å². The molecule has 2 unspecified atom stereocenters. The summed E-state index contributed by atoms with van der Waals surface area (Å²) in [5.74, 6) is -0.194. The highest BCUT2D eigenvalue weighted by Gasteiger charge is 2.33. The third kappa shape index (κ3) is 4.89. The number of hydrogen-bond acceptors (Lipinski definition) is 5. The maximum atomic E-state index is 13.5. The van der Waals surface area contributed by atoms with Crippen molar-refractivity contribution in [3.05, 3.63) is 35.1 Å². The predicted molar refractivity (Wildman–Crippen MR) is 109 cm³/mol. The molecular formula is C21H34FN5O. The highest BCUT2D eigenvalue weighted by molar-refractivity contribution is 5.82. The summed E-state index contributed by atoms with van der Waals surface area (Å²) in [4.78, 5) is 17.6. The van der Waals surface area contributed by atoms with Gasteiger partial charge in [0.05, 0.1) is 0 Å². The van der Waals surface area contributed by atoms with Crippen LogP contribution in [0.5, 0.6) is 0 Å². The number of nitrogens with zero attached hydrogens (tertiary/aromatic N) is 2. The van der Waals surface area contributed by atoms with Crippen molar-refractivity contribution in [3.8, 4) is 0 Å². The lowest BCUT2D eigenvalue weighted by molar-refractivity contribution is -0.123. The molecule has 156 valence electrons. The molecule has 6 nitrogen and oxygen atoms in total. The first-order valence-corrected chi connectivity index (χ1v) is 10.3. The standard InChI is InChI=1S/C21H34FN5O/c1-5-26-8-10-27(11-9-26)21(3,4)14-23-20(28)19-13-18(24-25-19)16-6-7-17(22)15(2)12-16/h6-7,12,18-19,24-25H,5,8-11,13-14H2,1-4H3,(H,23,28). The molecule has 1 aromatic carbocycles. The van der Waals surface area contributed by atoms with Gasteiger partial charge in [0.2, 0.25) is 5.91 Å². The van der Waals surface area contributed by atoms with Crippen LogP contribution in [0.1, 0.15) is 44.4 Å². The molecular weight excluding hydrogens is 357 g/mol. The van der Waals surface area contributed by atoms with Gasteiger partial charge in [0.1, 0.15) is 11.9 Å². The number of amides is 1. The lowest BCUT2D eigenvalue weighted by Crippen LogP contribution is -2.59. The maximum Gasteiger partial charge on any atom is 0.238 e. The largest absolute Gasteiger partial charge is 0.353 e. The highest BCUT2D eigenvalue weighted by atomic mass is 19.1. The first-order chi connectivity index (χ1) is 13.3. The Bertz CT molecular complexity index is 687. The molecule has 2 aliphatic rings.